The lowest BCUT2D eigenvalue weighted by Gasteiger charge is -2.31. The van der Waals surface area contributed by atoms with E-state index in [0.717, 1.165) is 39.4 Å². The van der Waals surface area contributed by atoms with Gasteiger partial charge in [-0.25, -0.2) is 9.97 Å². The Hall–Kier alpha value is -5.52. The molecule has 0 aliphatic carbocycles. The first-order chi connectivity index (χ1) is 29.9. The molecule has 5 aliphatic rings. The van der Waals surface area contributed by atoms with Gasteiger partial charge in [0.15, 0.2) is 0 Å². The van der Waals surface area contributed by atoms with E-state index in [1.165, 1.54) is 11.0 Å². The number of amides is 3. The molecule has 0 unspecified atom stereocenters. The van der Waals surface area contributed by atoms with Gasteiger partial charge in [-0.15, -0.1) is 0 Å². The molecule has 2 aromatic heterocycles. The molecule has 2 aromatic rings. The maximum Gasteiger partial charge on any atom is 0.305 e. The Morgan fingerprint density at radius 1 is 0.968 bits per heavy atom. The molecule has 7 rings (SSSR count). The number of ether oxygens (including phenoxy) is 3. The number of aromatic nitrogens is 4. The summed E-state index contributed by atoms with van der Waals surface area (Å²) in [7, 11) is 0. The minimum absolute atomic E-state index is 0.0388. The Morgan fingerprint density at radius 2 is 1.71 bits per heavy atom. The van der Waals surface area contributed by atoms with E-state index >= 15 is 4.79 Å². The number of allylic oxidation sites excluding steroid dienone is 5. The fraction of sp³-hybridized carbons (Fsp3) is 0.478. The topological polar surface area (TPSA) is 218 Å². The summed E-state index contributed by atoms with van der Waals surface area (Å²) in [6.07, 6.45) is 4.30. The molecule has 6 N–H and O–H groups in total. The number of fused-ring (bicyclic) bond motifs is 8. The van der Waals surface area contributed by atoms with Crippen LogP contribution < -0.4 is 11.1 Å². The van der Waals surface area contributed by atoms with E-state index in [0.29, 0.717) is 117 Å². The number of morpholine rings is 1. The van der Waals surface area contributed by atoms with E-state index in [1.54, 1.807) is 6.08 Å². The Labute approximate surface area is 361 Å². The molecule has 330 valence electrons. The van der Waals surface area contributed by atoms with Crippen LogP contribution in [0.5, 0.6) is 0 Å². The molecule has 8 bridgehead atoms. The maximum absolute atomic E-state index is 15.0. The van der Waals surface area contributed by atoms with Crippen molar-refractivity contribution in [2.45, 2.75) is 65.7 Å². The number of esters is 1. The van der Waals surface area contributed by atoms with Gasteiger partial charge in [0.2, 0.25) is 5.91 Å². The number of nitrogens with zero attached hydrogens (tertiary/aromatic N) is 4. The number of nitrogens with two attached hydrogens (primary N) is 1. The minimum atomic E-state index is -0.460. The Morgan fingerprint density at radius 3 is 2.45 bits per heavy atom. The van der Waals surface area contributed by atoms with E-state index in [-0.39, 0.29) is 49.8 Å². The quantitative estimate of drug-likeness (QED) is 0.0688. The third kappa shape index (κ3) is 9.15. The average Bonchev–Trinajstić information content (AvgIpc) is 3.94. The number of imide groups is 1. The van der Waals surface area contributed by atoms with Crippen molar-refractivity contribution in [1.29, 1.82) is 0 Å². The van der Waals surface area contributed by atoms with Crippen LogP contribution in [0.4, 0.5) is 0 Å². The predicted molar refractivity (Wildman–Crippen MR) is 235 cm³/mol. The van der Waals surface area contributed by atoms with Crippen molar-refractivity contribution in [1.82, 2.24) is 35.1 Å². The van der Waals surface area contributed by atoms with Crippen LogP contribution in [0, 0.1) is 6.92 Å². The molecule has 0 aromatic carbocycles. The summed E-state index contributed by atoms with van der Waals surface area (Å²) in [5.41, 5.74) is 15.8. The molecule has 5 aliphatic heterocycles. The van der Waals surface area contributed by atoms with Crippen molar-refractivity contribution in [3.8, 4) is 0 Å². The molecule has 16 nitrogen and oxygen atoms in total. The van der Waals surface area contributed by atoms with Crippen LogP contribution in [-0.2, 0) is 23.8 Å². The van der Waals surface area contributed by atoms with Crippen LogP contribution in [0.3, 0.4) is 0 Å². The summed E-state index contributed by atoms with van der Waals surface area (Å²) >= 11 is 0. The second-order valence-electron chi connectivity index (χ2n) is 16.1. The van der Waals surface area contributed by atoms with Crippen molar-refractivity contribution < 1.29 is 38.5 Å². The number of aliphatic hydroxyl groups is 1. The highest BCUT2D eigenvalue weighted by Gasteiger charge is 2.41. The van der Waals surface area contributed by atoms with E-state index in [2.05, 4.69) is 27.1 Å². The van der Waals surface area contributed by atoms with E-state index < -0.39 is 11.9 Å². The molecule has 0 radical (unpaired) electrons. The van der Waals surface area contributed by atoms with Gasteiger partial charge in [0, 0.05) is 86.1 Å². The van der Waals surface area contributed by atoms with Gasteiger partial charge in [0.05, 0.1) is 72.5 Å². The molecular formula is C46H58N8O8. The van der Waals surface area contributed by atoms with Crippen molar-refractivity contribution in [3.63, 3.8) is 0 Å². The number of H-pyrrole nitrogens is 2. The molecule has 1 fully saturated rings. The molecule has 16 heteroatoms. The summed E-state index contributed by atoms with van der Waals surface area (Å²) in [5, 5.41) is 12.2. The first kappa shape index (κ1) is 44.5. The third-order valence-corrected chi connectivity index (χ3v) is 12.3. The van der Waals surface area contributed by atoms with Gasteiger partial charge in [-0.05, 0) is 80.2 Å². The van der Waals surface area contributed by atoms with Crippen molar-refractivity contribution >= 4 is 57.0 Å². The Balaban J connectivity index is 1.44. The van der Waals surface area contributed by atoms with E-state index in [9.17, 15) is 19.5 Å². The van der Waals surface area contributed by atoms with Crippen LogP contribution in [0.1, 0.15) is 119 Å². The molecule has 7 heterocycles. The highest BCUT2D eigenvalue weighted by molar-refractivity contribution is 6.23. The van der Waals surface area contributed by atoms with Crippen LogP contribution >= 0.6 is 0 Å². The van der Waals surface area contributed by atoms with E-state index in [1.807, 2.05) is 45.9 Å². The van der Waals surface area contributed by atoms with Crippen LogP contribution in [0.15, 0.2) is 30.4 Å². The zero-order valence-corrected chi connectivity index (χ0v) is 36.3. The van der Waals surface area contributed by atoms with Gasteiger partial charge in [0.1, 0.15) is 6.61 Å². The number of aryl methyl sites for hydroxylation is 1. The summed E-state index contributed by atoms with van der Waals surface area (Å²) in [5.74, 6) is -2.15. The average molecular weight is 851 g/mol. The number of aliphatic hydroxyl groups excluding tert-OH is 1. The van der Waals surface area contributed by atoms with Gasteiger partial charge < -0.3 is 40.3 Å². The molecule has 62 heavy (non-hydrogen) atoms. The van der Waals surface area contributed by atoms with Gasteiger partial charge in [-0.2, -0.15) is 0 Å². The number of carbonyl (C=O) groups excluding carboxylic acids is 4. The minimum Gasteiger partial charge on any atom is -0.463 e. The number of carbonyl (C=O) groups is 4. The number of hydrogen-bond donors (Lipinski definition) is 5. The summed E-state index contributed by atoms with van der Waals surface area (Å²) in [6.45, 7) is 14.4. The Kier molecular flexibility index (Phi) is 14.1. The molecule has 1 saturated heterocycles. The molecule has 0 saturated carbocycles. The molecule has 2 atom stereocenters. The zero-order chi connectivity index (χ0) is 44.1. The van der Waals surface area contributed by atoms with E-state index in [4.69, 9.17) is 29.9 Å². The van der Waals surface area contributed by atoms with Crippen LogP contribution in [0.25, 0.3) is 33.3 Å². The second kappa shape index (κ2) is 19.7. The summed E-state index contributed by atoms with van der Waals surface area (Å²) < 4.78 is 16.2. The smallest absolute Gasteiger partial charge is 0.305 e. The predicted octanol–water partition coefficient (Wildman–Crippen LogP) is 4.40. The number of aromatic amines is 2. The lowest BCUT2D eigenvalue weighted by Crippen LogP contribution is -2.47. The first-order valence-electron chi connectivity index (χ1n) is 21.6. The number of nitrogens with one attached hydrogen (secondary N) is 3. The monoisotopic (exact) mass is 850 g/mol. The highest BCUT2D eigenvalue weighted by Crippen LogP contribution is 2.45. The second-order valence-corrected chi connectivity index (χ2v) is 16.1. The first-order valence-corrected chi connectivity index (χ1v) is 21.6. The van der Waals surface area contributed by atoms with Crippen LogP contribution in [-0.4, -0.2) is 137 Å². The fourth-order valence-electron chi connectivity index (χ4n) is 8.81. The zero-order valence-electron chi connectivity index (χ0n) is 36.3. The van der Waals surface area contributed by atoms with Gasteiger partial charge in [0.25, 0.3) is 11.8 Å². The van der Waals surface area contributed by atoms with Crippen molar-refractivity contribution in [2.24, 2.45) is 5.73 Å². The number of hydrogen-bond acceptors (Lipinski definition) is 12. The van der Waals surface area contributed by atoms with Crippen LogP contribution in [0.2, 0.25) is 0 Å². The molecule has 0 spiro atoms. The number of rotatable bonds is 16. The van der Waals surface area contributed by atoms with Crippen molar-refractivity contribution in [2.75, 3.05) is 78.9 Å². The fourth-order valence-corrected chi connectivity index (χ4v) is 8.81. The molecular weight excluding hydrogens is 793 g/mol. The van der Waals surface area contributed by atoms with Gasteiger partial charge in [-0.3, -0.25) is 29.0 Å². The highest BCUT2D eigenvalue weighted by atomic mass is 16.5. The summed E-state index contributed by atoms with van der Waals surface area (Å²) in [6, 6.07) is 5.85. The third-order valence-electron chi connectivity index (χ3n) is 12.3. The summed E-state index contributed by atoms with van der Waals surface area (Å²) in [4.78, 5) is 76.3. The van der Waals surface area contributed by atoms with Crippen molar-refractivity contribution in [3.05, 3.63) is 81.2 Å². The SMILES string of the molecule is CCC1=C(C)c2cc3nc(cc4[nH]c(c5c6[nH]c(cc1n2)c(C)c6C(=O)N(CCN1CCOCC1)C5=O)[C@@H](CCC(=O)OCCO)[C@@H]4C)C(C)=C3/C=C/C(=O)NCCOCCN. The molecule has 3 amide bonds. The van der Waals surface area contributed by atoms with Gasteiger partial charge in [-0.1, -0.05) is 13.8 Å². The standard InChI is InChI=1S/C46H58N8O8/c1-6-30-26(2)34-24-38-31(7-9-39(56)48-12-19-60-18-11-47)27(3)33(50-38)23-35-28(4)32(8-10-40(57)62-22-17-55)43(51-35)42-44-41(29(5)36(52-44)25-37(30)49-34)45(58)54(46(42)59)14-13-53-15-20-61-21-16-53/h7,9,23-25,28,32,51-52,55H,6,8,10-22,47H2,1-5H3,(H,48,56)/b9-7+,35-23?,37-25?,38-24?,43-42?/t28-,32-/m0/s1. The normalized spacial score (nSPS) is 18.6. The Bertz CT molecular complexity index is 2400. The largest absolute Gasteiger partial charge is 0.463 e. The maximum atomic E-state index is 15.0. The van der Waals surface area contributed by atoms with Gasteiger partial charge >= 0.3 is 5.97 Å². The lowest BCUT2D eigenvalue weighted by atomic mass is 9.84. The lowest BCUT2D eigenvalue weighted by molar-refractivity contribution is -0.144.